The van der Waals surface area contributed by atoms with Gasteiger partial charge in [-0.3, -0.25) is 13.8 Å². The summed E-state index contributed by atoms with van der Waals surface area (Å²) in [5, 5.41) is 5.54. The number of alkyl carbamates (subject to hydrolysis) is 1. The van der Waals surface area contributed by atoms with Crippen LogP contribution >= 0.6 is 15.9 Å². The first-order valence-electron chi connectivity index (χ1n) is 15.8. The van der Waals surface area contributed by atoms with E-state index in [0.29, 0.717) is 29.2 Å². The fraction of sp³-hybridized carbons (Fsp3) is 0.688. The molecule has 256 valence electrons. The number of ether oxygens (including phenoxy) is 2. The van der Waals surface area contributed by atoms with Gasteiger partial charge in [0, 0.05) is 17.4 Å². The van der Waals surface area contributed by atoms with Crippen LogP contribution in [-0.4, -0.2) is 80.7 Å². The van der Waals surface area contributed by atoms with Gasteiger partial charge in [-0.15, -0.1) is 0 Å². The van der Waals surface area contributed by atoms with Gasteiger partial charge in [-0.25, -0.2) is 9.59 Å². The third kappa shape index (κ3) is 7.87. The molecule has 1 aliphatic heterocycles. The Morgan fingerprint density at radius 1 is 1.04 bits per heavy atom. The van der Waals surface area contributed by atoms with Gasteiger partial charge in [0.2, 0.25) is 11.8 Å². The minimum Gasteiger partial charge on any atom is -0.467 e. The summed E-state index contributed by atoms with van der Waals surface area (Å²) in [6.45, 7) is 11.2. The normalized spacial score (nSPS) is 30.0. The third-order valence-electron chi connectivity index (χ3n) is 9.60. The molecular weight excluding hydrogens is 682 g/mol. The number of hydrogen-bond acceptors (Lipinski definition) is 9. The molecule has 0 radical (unpaired) electrons. The highest BCUT2D eigenvalue weighted by Gasteiger charge is 2.62. The van der Waals surface area contributed by atoms with Gasteiger partial charge in [0.05, 0.1) is 18.1 Å². The molecule has 1 aromatic rings. The first kappa shape index (κ1) is 36.1. The topological polar surface area (TPSA) is 157 Å². The molecule has 0 spiro atoms. The molecule has 3 amide bonds. The van der Waals surface area contributed by atoms with Crippen LogP contribution < -0.4 is 10.6 Å². The van der Waals surface area contributed by atoms with Crippen molar-refractivity contribution in [3.05, 3.63) is 28.7 Å². The van der Waals surface area contributed by atoms with Crippen molar-refractivity contribution in [2.45, 2.75) is 108 Å². The van der Waals surface area contributed by atoms with Gasteiger partial charge in [-0.1, -0.05) is 63.9 Å². The van der Waals surface area contributed by atoms with Crippen LogP contribution in [0.15, 0.2) is 33.6 Å². The fourth-order valence-electron chi connectivity index (χ4n) is 6.56. The average Bonchev–Trinajstić information content (AvgIpc) is 3.38. The number of likely N-dealkylation sites (tertiary alicyclic amines) is 1. The summed E-state index contributed by atoms with van der Waals surface area (Å²) in [6.07, 6.45) is 0.227. The second-order valence-corrected chi connectivity index (χ2v) is 16.5. The van der Waals surface area contributed by atoms with Crippen LogP contribution in [0.25, 0.3) is 0 Å². The lowest BCUT2D eigenvalue weighted by Gasteiger charge is -2.35. The second kappa shape index (κ2) is 13.8. The van der Waals surface area contributed by atoms with Crippen LogP contribution in [0.3, 0.4) is 0 Å². The van der Waals surface area contributed by atoms with E-state index in [2.05, 4.69) is 40.4 Å². The number of carbonyl (C=O) groups is 4. The number of nitrogens with zero attached hydrogens (tertiary/aromatic N) is 1. The lowest BCUT2D eigenvalue weighted by molar-refractivity contribution is -0.148. The Morgan fingerprint density at radius 3 is 2.17 bits per heavy atom. The molecule has 4 rings (SSSR count). The highest BCUT2D eigenvalue weighted by atomic mass is 79.9. The fourth-order valence-corrected chi connectivity index (χ4v) is 7.90. The molecule has 2 saturated carbocycles. The Balaban J connectivity index is 1.59. The quantitative estimate of drug-likeness (QED) is 0.267. The van der Waals surface area contributed by atoms with E-state index < -0.39 is 63.1 Å². The van der Waals surface area contributed by atoms with Crippen LogP contribution in [0.4, 0.5) is 4.79 Å². The minimum absolute atomic E-state index is 0.0811. The van der Waals surface area contributed by atoms with E-state index in [1.807, 2.05) is 6.92 Å². The Bertz CT molecular complexity index is 1420. The zero-order chi connectivity index (χ0) is 34.2. The molecule has 0 aromatic heterocycles. The first-order valence-corrected chi connectivity index (χ1v) is 18.0. The molecule has 14 heteroatoms. The summed E-state index contributed by atoms with van der Waals surface area (Å²) in [4.78, 5) is 55.1. The van der Waals surface area contributed by atoms with Crippen molar-refractivity contribution in [1.82, 2.24) is 15.5 Å². The monoisotopic (exact) mass is 727 g/mol. The number of benzene rings is 1. The van der Waals surface area contributed by atoms with Crippen molar-refractivity contribution in [2.75, 3.05) is 13.7 Å². The molecule has 46 heavy (non-hydrogen) atoms. The number of methoxy groups -OCH3 is 1. The van der Waals surface area contributed by atoms with Crippen LogP contribution in [-0.2, 0) is 38.2 Å². The van der Waals surface area contributed by atoms with Crippen molar-refractivity contribution >= 4 is 49.9 Å². The van der Waals surface area contributed by atoms with E-state index in [1.165, 1.54) is 24.1 Å². The number of carbonyl (C=O) groups excluding carboxylic acids is 4. The van der Waals surface area contributed by atoms with Crippen LogP contribution in [0, 0.1) is 23.2 Å². The molecule has 2 aliphatic carbocycles. The molecule has 8 atom stereocenters. The van der Waals surface area contributed by atoms with Gasteiger partial charge in [0.1, 0.15) is 23.7 Å². The van der Waals surface area contributed by atoms with Gasteiger partial charge in [0.25, 0.3) is 10.1 Å². The summed E-state index contributed by atoms with van der Waals surface area (Å²) >= 11 is 3.28. The van der Waals surface area contributed by atoms with Crippen LogP contribution in [0.5, 0.6) is 0 Å². The highest BCUT2D eigenvalue weighted by Crippen LogP contribution is 2.47. The maximum atomic E-state index is 14.3. The number of amides is 3. The zero-order valence-corrected chi connectivity index (χ0v) is 29.9. The molecule has 3 fully saturated rings. The predicted octanol–water partition coefficient (Wildman–Crippen LogP) is 4.16. The summed E-state index contributed by atoms with van der Waals surface area (Å²) in [6, 6.07) is 3.60. The van der Waals surface area contributed by atoms with Crippen molar-refractivity contribution < 1.29 is 41.3 Å². The van der Waals surface area contributed by atoms with Gasteiger partial charge < -0.3 is 25.0 Å². The summed E-state index contributed by atoms with van der Waals surface area (Å²) < 4.78 is 43.3. The van der Waals surface area contributed by atoms with Crippen LogP contribution in [0.2, 0.25) is 0 Å². The zero-order valence-electron chi connectivity index (χ0n) is 27.5. The maximum absolute atomic E-state index is 14.3. The Kier molecular flexibility index (Phi) is 10.8. The largest absolute Gasteiger partial charge is 0.467 e. The van der Waals surface area contributed by atoms with Crippen LogP contribution in [0.1, 0.15) is 73.6 Å². The van der Waals surface area contributed by atoms with Gasteiger partial charge >= 0.3 is 12.1 Å². The summed E-state index contributed by atoms with van der Waals surface area (Å²) in [5.41, 5.74) is -2.04. The maximum Gasteiger partial charge on any atom is 0.408 e. The molecule has 1 heterocycles. The Hall–Kier alpha value is -2.71. The van der Waals surface area contributed by atoms with Gasteiger partial charge in [0.15, 0.2) is 0 Å². The first-order chi connectivity index (χ1) is 21.4. The van der Waals surface area contributed by atoms with E-state index in [0.717, 1.165) is 12.8 Å². The number of rotatable bonds is 10. The predicted molar refractivity (Wildman–Crippen MR) is 172 cm³/mol. The molecule has 3 aliphatic rings. The smallest absolute Gasteiger partial charge is 0.408 e. The van der Waals surface area contributed by atoms with Crippen molar-refractivity contribution in [3.63, 3.8) is 0 Å². The standard InChI is InChI=1S/C32H46BrN3O9S/c1-8-20-16-32(20,29(39)43-7)35-27(37)25-15-23(45-46(41,42)24-11-9-21(33)10-12-24)17-36(25)28(38)26(31(4,5)6)34-30(40)44-22-13-18(2)19(3)14-22/h9-12,18-20,22-23,25-26H,8,13-17H2,1-7H3,(H,34,40)(H,35,37)/t18-,19+,20-,22+,23-,25+,26-,32-/m1/s1. The molecular formula is C32H46BrN3O9S. The summed E-state index contributed by atoms with van der Waals surface area (Å²) in [5.74, 6) is -1.15. The molecule has 2 N–H and O–H groups in total. The van der Waals surface area contributed by atoms with Crippen molar-refractivity contribution in [3.8, 4) is 0 Å². The molecule has 1 saturated heterocycles. The minimum atomic E-state index is -4.26. The lowest BCUT2D eigenvalue weighted by atomic mass is 9.85. The molecule has 1 aromatic carbocycles. The Morgan fingerprint density at radius 2 is 1.65 bits per heavy atom. The van der Waals surface area contributed by atoms with E-state index in [-0.39, 0.29) is 29.9 Å². The number of hydrogen-bond donors (Lipinski definition) is 2. The van der Waals surface area contributed by atoms with E-state index in [4.69, 9.17) is 13.7 Å². The highest BCUT2D eigenvalue weighted by molar-refractivity contribution is 9.10. The molecule has 12 nitrogen and oxygen atoms in total. The third-order valence-corrected chi connectivity index (χ3v) is 11.5. The SMILES string of the molecule is CC[C@@H]1C[C@]1(NC(=O)[C@@H]1C[C@@H](OS(=O)(=O)c2ccc(Br)cc2)CN1C(=O)[C@@H](NC(=O)O[C@H]1C[C@@H](C)[C@@H](C)C1)C(C)(C)C)C(=O)OC. The van der Waals surface area contributed by atoms with E-state index in [1.54, 1.807) is 32.9 Å². The van der Waals surface area contributed by atoms with Gasteiger partial charge in [-0.05, 0) is 66.7 Å². The number of esters is 1. The van der Waals surface area contributed by atoms with E-state index >= 15 is 0 Å². The average molecular weight is 729 g/mol. The lowest BCUT2D eigenvalue weighted by Crippen LogP contribution is -2.59. The Labute approximate surface area is 279 Å². The number of halogens is 1. The van der Waals surface area contributed by atoms with Gasteiger partial charge in [-0.2, -0.15) is 8.42 Å². The summed E-state index contributed by atoms with van der Waals surface area (Å²) in [7, 11) is -3.01. The molecule has 0 unspecified atom stereocenters. The van der Waals surface area contributed by atoms with E-state index in [9.17, 15) is 27.6 Å². The van der Waals surface area contributed by atoms with Crippen molar-refractivity contribution in [1.29, 1.82) is 0 Å². The second-order valence-electron chi connectivity index (χ2n) is 14.0. The number of nitrogens with one attached hydrogen (secondary N) is 2. The molecule has 0 bridgehead atoms. The van der Waals surface area contributed by atoms with Crippen molar-refractivity contribution in [2.24, 2.45) is 23.2 Å².